The SMILES string of the molecule is CS(=O)Cc1cc(NCc2cnc3ncccn23)ccc1Cl. The fourth-order valence-corrected chi connectivity index (χ4v) is 3.16. The molecular formula is C15H15ClN4OS. The van der Waals surface area contributed by atoms with Crippen LogP contribution in [0.2, 0.25) is 5.02 Å². The van der Waals surface area contributed by atoms with Crippen molar-refractivity contribution in [3.63, 3.8) is 0 Å². The number of rotatable bonds is 5. The molecule has 0 aliphatic carbocycles. The van der Waals surface area contributed by atoms with Gasteiger partial charge in [-0.1, -0.05) is 11.6 Å². The molecule has 2 aromatic heterocycles. The Bertz CT molecular complexity index is 833. The van der Waals surface area contributed by atoms with Gasteiger partial charge >= 0.3 is 0 Å². The number of benzene rings is 1. The summed E-state index contributed by atoms with van der Waals surface area (Å²) >= 11 is 6.13. The van der Waals surface area contributed by atoms with Gasteiger partial charge in [0.15, 0.2) is 0 Å². The molecule has 0 amide bonds. The molecule has 0 saturated heterocycles. The molecule has 3 aromatic rings. The summed E-state index contributed by atoms with van der Waals surface area (Å²) in [5.74, 6) is 1.13. The Morgan fingerprint density at radius 1 is 1.36 bits per heavy atom. The zero-order valence-electron chi connectivity index (χ0n) is 12.0. The Kier molecular flexibility index (Phi) is 4.40. The molecular weight excluding hydrogens is 320 g/mol. The molecule has 114 valence electrons. The lowest BCUT2D eigenvalue weighted by Gasteiger charge is -2.09. The first kappa shape index (κ1) is 15.0. The molecule has 5 nitrogen and oxygen atoms in total. The first-order valence-electron chi connectivity index (χ1n) is 6.73. The molecule has 22 heavy (non-hydrogen) atoms. The minimum Gasteiger partial charge on any atom is -0.379 e. The van der Waals surface area contributed by atoms with Crippen LogP contribution in [0.3, 0.4) is 0 Å². The maximum atomic E-state index is 11.4. The molecule has 0 spiro atoms. The lowest BCUT2D eigenvalue weighted by atomic mass is 10.2. The van der Waals surface area contributed by atoms with Gasteiger partial charge in [-0.15, -0.1) is 0 Å². The number of anilines is 1. The molecule has 1 unspecified atom stereocenters. The van der Waals surface area contributed by atoms with Crippen LogP contribution >= 0.6 is 11.6 Å². The third-order valence-electron chi connectivity index (χ3n) is 3.24. The van der Waals surface area contributed by atoms with E-state index in [2.05, 4.69) is 15.3 Å². The van der Waals surface area contributed by atoms with E-state index < -0.39 is 10.8 Å². The number of nitrogens with zero attached hydrogens (tertiary/aromatic N) is 3. The van der Waals surface area contributed by atoms with Gasteiger partial charge in [-0.2, -0.15) is 0 Å². The molecule has 0 bridgehead atoms. The average molecular weight is 335 g/mol. The van der Waals surface area contributed by atoms with Gasteiger partial charge in [0.05, 0.1) is 18.4 Å². The fraction of sp³-hybridized carbons (Fsp3) is 0.200. The van der Waals surface area contributed by atoms with Crippen LogP contribution in [0, 0.1) is 0 Å². The second kappa shape index (κ2) is 6.46. The van der Waals surface area contributed by atoms with E-state index in [-0.39, 0.29) is 0 Å². The fourth-order valence-electron chi connectivity index (χ4n) is 2.22. The molecule has 3 rings (SSSR count). The summed E-state index contributed by atoms with van der Waals surface area (Å²) < 4.78 is 13.3. The van der Waals surface area contributed by atoms with Crippen molar-refractivity contribution in [1.29, 1.82) is 0 Å². The van der Waals surface area contributed by atoms with E-state index in [4.69, 9.17) is 11.6 Å². The Hall–Kier alpha value is -1.92. The van der Waals surface area contributed by atoms with Crippen LogP contribution in [-0.4, -0.2) is 24.8 Å². The molecule has 0 aliphatic heterocycles. The lowest BCUT2D eigenvalue weighted by Crippen LogP contribution is -2.03. The van der Waals surface area contributed by atoms with E-state index in [0.29, 0.717) is 23.1 Å². The van der Waals surface area contributed by atoms with Crippen LogP contribution in [0.1, 0.15) is 11.3 Å². The first-order chi connectivity index (χ1) is 10.6. The number of halogens is 1. The molecule has 0 saturated carbocycles. The van der Waals surface area contributed by atoms with E-state index in [1.54, 1.807) is 18.6 Å². The molecule has 0 fully saturated rings. The Morgan fingerprint density at radius 3 is 3.05 bits per heavy atom. The van der Waals surface area contributed by atoms with E-state index >= 15 is 0 Å². The third kappa shape index (κ3) is 3.28. The van der Waals surface area contributed by atoms with Crippen molar-refractivity contribution in [2.75, 3.05) is 11.6 Å². The van der Waals surface area contributed by atoms with E-state index in [9.17, 15) is 4.21 Å². The van der Waals surface area contributed by atoms with Gasteiger partial charge in [0.1, 0.15) is 0 Å². The van der Waals surface area contributed by atoms with E-state index in [0.717, 1.165) is 16.9 Å². The lowest BCUT2D eigenvalue weighted by molar-refractivity contribution is 0.686. The van der Waals surface area contributed by atoms with Crippen LogP contribution < -0.4 is 5.32 Å². The molecule has 1 N–H and O–H groups in total. The smallest absolute Gasteiger partial charge is 0.233 e. The maximum absolute atomic E-state index is 11.4. The summed E-state index contributed by atoms with van der Waals surface area (Å²) in [5.41, 5.74) is 2.83. The van der Waals surface area contributed by atoms with E-state index in [1.165, 1.54) is 0 Å². The zero-order chi connectivity index (χ0) is 15.5. The standard InChI is InChI=1S/C15H15ClN4OS/c1-22(21)10-11-7-12(3-4-14(11)16)18-8-13-9-19-15-17-5-2-6-20(13)15/h2-7,9,18H,8,10H2,1H3. The van der Waals surface area contributed by atoms with Gasteiger partial charge in [0.25, 0.3) is 0 Å². The number of aromatic nitrogens is 3. The van der Waals surface area contributed by atoms with Gasteiger partial charge in [-0.3, -0.25) is 8.61 Å². The van der Waals surface area contributed by atoms with Gasteiger partial charge < -0.3 is 5.32 Å². The maximum Gasteiger partial charge on any atom is 0.233 e. The van der Waals surface area contributed by atoms with Crippen molar-refractivity contribution in [2.45, 2.75) is 12.3 Å². The normalized spacial score (nSPS) is 12.5. The topological polar surface area (TPSA) is 59.3 Å². The molecule has 1 aromatic carbocycles. The predicted octanol–water partition coefficient (Wildman–Crippen LogP) is 2.87. The van der Waals surface area contributed by atoms with Crippen LogP contribution in [0.5, 0.6) is 0 Å². The summed E-state index contributed by atoms with van der Waals surface area (Å²) in [6, 6.07) is 7.54. The highest BCUT2D eigenvalue weighted by molar-refractivity contribution is 7.83. The highest BCUT2D eigenvalue weighted by Gasteiger charge is 2.06. The highest BCUT2D eigenvalue weighted by Crippen LogP contribution is 2.22. The second-order valence-electron chi connectivity index (χ2n) is 4.92. The largest absolute Gasteiger partial charge is 0.379 e. The van der Waals surface area contributed by atoms with Crippen LogP contribution in [0.25, 0.3) is 5.78 Å². The van der Waals surface area contributed by atoms with Gasteiger partial charge in [-0.05, 0) is 29.8 Å². The van der Waals surface area contributed by atoms with Gasteiger partial charge in [0.2, 0.25) is 5.78 Å². The highest BCUT2D eigenvalue weighted by atomic mass is 35.5. The number of nitrogens with one attached hydrogen (secondary N) is 1. The quantitative estimate of drug-likeness (QED) is 0.779. The Labute approximate surface area is 135 Å². The van der Waals surface area contributed by atoms with Crippen molar-refractivity contribution in [1.82, 2.24) is 14.4 Å². The van der Waals surface area contributed by atoms with Crippen molar-refractivity contribution in [3.05, 3.63) is 59.1 Å². The monoisotopic (exact) mass is 334 g/mol. The Morgan fingerprint density at radius 2 is 2.23 bits per heavy atom. The number of imidazole rings is 1. The third-order valence-corrected chi connectivity index (χ3v) is 4.33. The molecule has 0 aliphatic rings. The number of fused-ring (bicyclic) bond motifs is 1. The minimum absolute atomic E-state index is 0.452. The molecule has 7 heteroatoms. The van der Waals surface area contributed by atoms with Crippen molar-refractivity contribution in [2.24, 2.45) is 0 Å². The summed E-state index contributed by atoms with van der Waals surface area (Å²) in [4.78, 5) is 8.44. The van der Waals surface area contributed by atoms with Gasteiger partial charge in [-0.25, -0.2) is 9.97 Å². The average Bonchev–Trinajstić information content (AvgIpc) is 2.91. The summed E-state index contributed by atoms with van der Waals surface area (Å²) in [6.45, 7) is 0.614. The van der Waals surface area contributed by atoms with Crippen LogP contribution in [-0.2, 0) is 23.1 Å². The van der Waals surface area contributed by atoms with Crippen LogP contribution in [0.15, 0.2) is 42.9 Å². The van der Waals surface area contributed by atoms with Crippen molar-refractivity contribution in [3.8, 4) is 0 Å². The summed E-state index contributed by atoms with van der Waals surface area (Å²) in [5, 5.41) is 3.97. The molecule has 2 heterocycles. The van der Waals surface area contributed by atoms with Crippen molar-refractivity contribution < 1.29 is 4.21 Å². The first-order valence-corrected chi connectivity index (χ1v) is 8.83. The summed E-state index contributed by atoms with van der Waals surface area (Å²) in [7, 11) is -0.922. The number of hydrogen-bond acceptors (Lipinski definition) is 4. The number of hydrogen-bond donors (Lipinski definition) is 1. The van der Waals surface area contributed by atoms with Crippen LogP contribution in [0.4, 0.5) is 5.69 Å². The van der Waals surface area contributed by atoms with Gasteiger partial charge in [0, 0.05) is 45.9 Å². The second-order valence-corrected chi connectivity index (χ2v) is 6.76. The minimum atomic E-state index is -0.922. The Balaban J connectivity index is 1.77. The molecule has 0 radical (unpaired) electrons. The summed E-state index contributed by atoms with van der Waals surface area (Å²) in [6.07, 6.45) is 7.12. The van der Waals surface area contributed by atoms with E-state index in [1.807, 2.05) is 34.9 Å². The zero-order valence-corrected chi connectivity index (χ0v) is 13.6. The van der Waals surface area contributed by atoms with Crippen molar-refractivity contribution >= 4 is 33.9 Å². The molecule has 1 atom stereocenters. The predicted molar refractivity (Wildman–Crippen MR) is 89.5 cm³/mol.